The highest BCUT2D eigenvalue weighted by Gasteiger charge is 2.30. The first-order valence-electron chi connectivity index (χ1n) is 10.2. The lowest BCUT2D eigenvalue weighted by molar-refractivity contribution is -0.126. The number of fused-ring (bicyclic) bond motifs is 1. The van der Waals surface area contributed by atoms with Crippen LogP contribution in [0.2, 0.25) is 0 Å². The Balaban J connectivity index is 1.52. The monoisotopic (exact) mass is 433 g/mol. The molecule has 2 unspecified atom stereocenters. The molecule has 0 bridgehead atoms. The molecule has 3 rings (SSSR count). The Labute approximate surface area is 179 Å². The second-order valence-electron chi connectivity index (χ2n) is 7.78. The number of para-hydroxylation sites is 1. The minimum Gasteiger partial charge on any atom is -0.481 e. The number of anilines is 1. The number of hydrogen-bond acceptors (Lipinski definition) is 6. The summed E-state index contributed by atoms with van der Waals surface area (Å²) in [5, 5.41) is 20.4. The number of carbonyl (C=O) groups is 4. The number of nitrogens with one attached hydrogen (secondary N) is 4. The molecule has 1 heterocycles. The summed E-state index contributed by atoms with van der Waals surface area (Å²) in [4.78, 5) is 47.6. The second kappa shape index (κ2) is 9.65. The summed E-state index contributed by atoms with van der Waals surface area (Å²) in [5.74, 6) is -0.711. The fourth-order valence-electron chi connectivity index (χ4n) is 3.79. The maximum absolute atomic E-state index is 12.7. The normalized spacial score (nSPS) is 22.1. The summed E-state index contributed by atoms with van der Waals surface area (Å²) in [7, 11) is 0. The number of benzene rings is 1. The zero-order valence-electron chi connectivity index (χ0n) is 17.1. The van der Waals surface area contributed by atoms with Crippen LogP contribution in [0.1, 0.15) is 43.0 Å². The van der Waals surface area contributed by atoms with Crippen LogP contribution in [0.15, 0.2) is 18.2 Å². The van der Waals surface area contributed by atoms with Gasteiger partial charge in [-0.3, -0.25) is 14.4 Å². The Morgan fingerprint density at radius 2 is 1.81 bits per heavy atom. The van der Waals surface area contributed by atoms with Gasteiger partial charge in [-0.05, 0) is 44.7 Å². The summed E-state index contributed by atoms with van der Waals surface area (Å²) in [5.41, 5.74) is 5.87. The molecule has 1 aromatic carbocycles. The molecule has 11 heteroatoms. The van der Waals surface area contributed by atoms with Gasteiger partial charge in [0.15, 0.2) is 12.4 Å². The molecule has 2 aliphatic rings. The van der Waals surface area contributed by atoms with E-state index in [0.29, 0.717) is 42.7 Å². The topological polar surface area (TPSA) is 172 Å². The number of rotatable bonds is 6. The number of carbonyl (C=O) groups excluding carboxylic acids is 4. The van der Waals surface area contributed by atoms with Gasteiger partial charge in [0.1, 0.15) is 6.04 Å². The fraction of sp³-hybridized carbons (Fsp3) is 0.500. The number of aliphatic hydroxyl groups is 1. The number of hydrogen-bond donors (Lipinski definition) is 6. The maximum atomic E-state index is 12.7. The first-order chi connectivity index (χ1) is 14.7. The van der Waals surface area contributed by atoms with Gasteiger partial charge in [0.25, 0.3) is 11.8 Å². The average molecular weight is 433 g/mol. The highest BCUT2D eigenvalue weighted by molar-refractivity contribution is 6.03. The van der Waals surface area contributed by atoms with Gasteiger partial charge in [0, 0.05) is 12.1 Å². The van der Waals surface area contributed by atoms with Crippen LogP contribution in [0.25, 0.3) is 0 Å². The van der Waals surface area contributed by atoms with Crippen LogP contribution in [-0.4, -0.2) is 59.7 Å². The Kier molecular flexibility index (Phi) is 6.95. The second-order valence-corrected chi connectivity index (χ2v) is 7.78. The molecule has 168 valence electrons. The molecule has 5 amide bonds. The molecule has 1 aromatic rings. The molecular formula is C20H27N5O6. The zero-order valence-corrected chi connectivity index (χ0v) is 17.1. The van der Waals surface area contributed by atoms with Crippen LogP contribution in [0.3, 0.4) is 0 Å². The standard InChI is InChI=1S/C20H27N5O6/c1-10(26)16(25-20(21)30)19(29)23-12-7-5-11(6-8-12)22-18(28)13-3-2-4-14-17(13)31-9-15(27)24-14/h2-4,10-12,16,26H,5-9H2,1H3,(H,22,28)(H,23,29)(H,24,27)(H3,21,25,30). The van der Waals surface area contributed by atoms with E-state index in [0.717, 1.165) is 0 Å². The van der Waals surface area contributed by atoms with Crippen molar-refractivity contribution in [3.05, 3.63) is 23.8 Å². The lowest BCUT2D eigenvalue weighted by Crippen LogP contribution is -2.56. The molecule has 1 aliphatic carbocycles. The lowest BCUT2D eigenvalue weighted by Gasteiger charge is -2.31. The summed E-state index contributed by atoms with van der Waals surface area (Å²) in [6.45, 7) is 1.25. The first kappa shape index (κ1) is 22.3. The minimum absolute atomic E-state index is 0.0778. The average Bonchev–Trinajstić information content (AvgIpc) is 2.72. The van der Waals surface area contributed by atoms with Crippen molar-refractivity contribution in [3.8, 4) is 5.75 Å². The third-order valence-electron chi connectivity index (χ3n) is 5.35. The Morgan fingerprint density at radius 3 is 2.42 bits per heavy atom. The van der Waals surface area contributed by atoms with E-state index in [1.54, 1.807) is 18.2 Å². The highest BCUT2D eigenvalue weighted by Crippen LogP contribution is 2.31. The van der Waals surface area contributed by atoms with Crippen molar-refractivity contribution in [3.63, 3.8) is 0 Å². The molecule has 0 aromatic heterocycles. The van der Waals surface area contributed by atoms with Crippen molar-refractivity contribution < 1.29 is 29.0 Å². The third-order valence-corrected chi connectivity index (χ3v) is 5.35. The SMILES string of the molecule is CC(O)C(NC(N)=O)C(=O)NC1CCC(NC(=O)c2cccc3c2OCC(=O)N3)CC1. The smallest absolute Gasteiger partial charge is 0.312 e. The summed E-state index contributed by atoms with van der Waals surface area (Å²) >= 11 is 0. The van der Waals surface area contributed by atoms with Crippen LogP contribution >= 0.6 is 0 Å². The van der Waals surface area contributed by atoms with Crippen LogP contribution in [0.5, 0.6) is 5.75 Å². The van der Waals surface area contributed by atoms with Crippen molar-refractivity contribution in [2.45, 2.75) is 56.8 Å². The molecule has 11 nitrogen and oxygen atoms in total. The summed E-state index contributed by atoms with van der Waals surface area (Å²) < 4.78 is 5.43. The predicted molar refractivity (Wildman–Crippen MR) is 110 cm³/mol. The van der Waals surface area contributed by atoms with Gasteiger partial charge >= 0.3 is 6.03 Å². The minimum atomic E-state index is -1.13. The fourth-order valence-corrected chi connectivity index (χ4v) is 3.79. The Morgan fingerprint density at radius 1 is 1.16 bits per heavy atom. The van der Waals surface area contributed by atoms with Gasteiger partial charge in [-0.2, -0.15) is 0 Å². The van der Waals surface area contributed by atoms with E-state index in [1.165, 1.54) is 6.92 Å². The number of aliphatic hydroxyl groups excluding tert-OH is 1. The van der Waals surface area contributed by atoms with Gasteiger partial charge < -0.3 is 36.8 Å². The van der Waals surface area contributed by atoms with Crippen molar-refractivity contribution in [1.29, 1.82) is 0 Å². The highest BCUT2D eigenvalue weighted by atomic mass is 16.5. The zero-order chi connectivity index (χ0) is 22.5. The van der Waals surface area contributed by atoms with Crippen molar-refractivity contribution in [2.24, 2.45) is 5.73 Å². The van der Waals surface area contributed by atoms with E-state index in [4.69, 9.17) is 10.5 Å². The van der Waals surface area contributed by atoms with Gasteiger partial charge in [-0.25, -0.2) is 4.79 Å². The number of primary amides is 1. The van der Waals surface area contributed by atoms with Crippen molar-refractivity contribution in [2.75, 3.05) is 11.9 Å². The quantitative estimate of drug-likeness (QED) is 0.356. The third kappa shape index (κ3) is 5.63. The molecule has 2 atom stereocenters. The Bertz CT molecular complexity index is 866. The first-order valence-corrected chi connectivity index (χ1v) is 10.2. The molecule has 1 fully saturated rings. The molecule has 0 spiro atoms. The van der Waals surface area contributed by atoms with Crippen molar-refractivity contribution in [1.82, 2.24) is 16.0 Å². The molecule has 7 N–H and O–H groups in total. The van der Waals surface area contributed by atoms with Gasteiger partial charge in [0.2, 0.25) is 5.91 Å². The van der Waals surface area contributed by atoms with E-state index < -0.39 is 24.1 Å². The molecule has 31 heavy (non-hydrogen) atoms. The van der Waals surface area contributed by atoms with Gasteiger partial charge in [-0.1, -0.05) is 6.07 Å². The predicted octanol–water partition coefficient (Wildman–Crippen LogP) is -0.408. The summed E-state index contributed by atoms with van der Waals surface area (Å²) in [6, 6.07) is 2.75. The van der Waals surface area contributed by atoms with E-state index in [1.807, 2.05) is 0 Å². The molecular weight excluding hydrogens is 406 g/mol. The number of amides is 5. The molecule has 1 aliphatic heterocycles. The molecule has 1 saturated carbocycles. The van der Waals surface area contributed by atoms with Crippen LogP contribution < -0.4 is 31.7 Å². The summed E-state index contributed by atoms with van der Waals surface area (Å²) in [6.07, 6.45) is 1.45. The lowest BCUT2D eigenvalue weighted by atomic mass is 9.90. The van der Waals surface area contributed by atoms with Crippen LogP contribution in [-0.2, 0) is 9.59 Å². The van der Waals surface area contributed by atoms with Crippen LogP contribution in [0, 0.1) is 0 Å². The van der Waals surface area contributed by atoms with Gasteiger partial charge in [-0.15, -0.1) is 0 Å². The van der Waals surface area contributed by atoms with Gasteiger partial charge in [0.05, 0.1) is 17.4 Å². The number of urea groups is 1. The van der Waals surface area contributed by atoms with Crippen molar-refractivity contribution >= 4 is 29.4 Å². The van der Waals surface area contributed by atoms with E-state index in [2.05, 4.69) is 21.3 Å². The van der Waals surface area contributed by atoms with E-state index >= 15 is 0 Å². The number of ether oxygens (including phenoxy) is 1. The number of nitrogens with two attached hydrogens (primary N) is 1. The largest absolute Gasteiger partial charge is 0.481 e. The van der Waals surface area contributed by atoms with Crippen LogP contribution in [0.4, 0.5) is 10.5 Å². The molecule has 0 radical (unpaired) electrons. The maximum Gasteiger partial charge on any atom is 0.312 e. The Hall–Kier alpha value is -3.34. The van der Waals surface area contributed by atoms with E-state index in [-0.39, 0.29) is 30.5 Å². The molecule has 0 saturated heterocycles. The van der Waals surface area contributed by atoms with E-state index in [9.17, 15) is 24.3 Å².